The zero-order chi connectivity index (χ0) is 19.3. The summed E-state index contributed by atoms with van der Waals surface area (Å²) in [7, 11) is 1.63. The van der Waals surface area contributed by atoms with Crippen molar-refractivity contribution in [1.82, 2.24) is 4.98 Å². The second kappa shape index (κ2) is 8.72. The van der Waals surface area contributed by atoms with Crippen molar-refractivity contribution < 1.29 is 14.3 Å². The number of ether oxygens (including phenoxy) is 2. The van der Waals surface area contributed by atoms with E-state index in [4.69, 9.17) is 21.1 Å². The molecule has 1 aliphatic rings. The Morgan fingerprint density at radius 2 is 2.00 bits per heavy atom. The fourth-order valence-electron chi connectivity index (χ4n) is 3.70. The van der Waals surface area contributed by atoms with Gasteiger partial charge < -0.3 is 14.8 Å². The van der Waals surface area contributed by atoms with Gasteiger partial charge in [0.05, 0.1) is 23.9 Å². The third kappa shape index (κ3) is 4.25. The molecule has 1 N–H and O–H groups in total. The second-order valence-corrected chi connectivity index (χ2v) is 7.32. The highest BCUT2D eigenvalue weighted by Gasteiger charge is 2.43. The van der Waals surface area contributed by atoms with Crippen molar-refractivity contribution >= 4 is 23.2 Å². The monoisotopic (exact) mass is 388 g/mol. The number of hydrogen-bond acceptors (Lipinski definition) is 4. The van der Waals surface area contributed by atoms with Crippen LogP contribution >= 0.6 is 11.6 Å². The van der Waals surface area contributed by atoms with Crippen molar-refractivity contribution in [2.75, 3.05) is 25.6 Å². The van der Waals surface area contributed by atoms with E-state index in [0.717, 1.165) is 36.8 Å². The lowest BCUT2D eigenvalue weighted by Crippen LogP contribution is -2.38. The van der Waals surface area contributed by atoms with Crippen molar-refractivity contribution in [3.05, 3.63) is 52.7 Å². The zero-order valence-electron chi connectivity index (χ0n) is 15.8. The summed E-state index contributed by atoms with van der Waals surface area (Å²) in [6, 6.07) is 9.52. The van der Waals surface area contributed by atoms with Gasteiger partial charge >= 0.3 is 0 Å². The molecular weight excluding hydrogens is 364 g/mol. The van der Waals surface area contributed by atoms with E-state index < -0.39 is 5.41 Å². The predicted molar refractivity (Wildman–Crippen MR) is 107 cm³/mol. The van der Waals surface area contributed by atoms with Crippen LogP contribution in [0.4, 0.5) is 5.69 Å². The molecule has 1 aromatic heterocycles. The minimum absolute atomic E-state index is 0.0256. The maximum atomic E-state index is 13.3. The van der Waals surface area contributed by atoms with Gasteiger partial charge in [-0.15, -0.1) is 0 Å². The maximum absolute atomic E-state index is 13.3. The summed E-state index contributed by atoms with van der Waals surface area (Å²) in [5, 5.41) is 3.69. The summed E-state index contributed by atoms with van der Waals surface area (Å²) in [4.78, 5) is 17.6. The number of benzene rings is 1. The Bertz CT molecular complexity index is 804. The summed E-state index contributed by atoms with van der Waals surface area (Å²) in [5.74, 6) is 0.522. The average molecular weight is 389 g/mol. The average Bonchev–Trinajstić information content (AvgIpc) is 3.15. The lowest BCUT2D eigenvalue weighted by Gasteiger charge is -2.29. The molecule has 1 heterocycles. The first-order valence-corrected chi connectivity index (χ1v) is 9.59. The molecule has 27 heavy (non-hydrogen) atoms. The Labute approximate surface area is 165 Å². The Kier molecular flexibility index (Phi) is 6.34. The Morgan fingerprint density at radius 3 is 2.67 bits per heavy atom. The van der Waals surface area contributed by atoms with Crippen LogP contribution in [0.25, 0.3) is 0 Å². The van der Waals surface area contributed by atoms with Crippen molar-refractivity contribution in [2.24, 2.45) is 0 Å². The van der Waals surface area contributed by atoms with E-state index in [2.05, 4.69) is 10.3 Å². The minimum Gasteiger partial charge on any atom is -0.475 e. The highest BCUT2D eigenvalue weighted by molar-refractivity contribution is 6.31. The molecule has 0 unspecified atom stereocenters. The lowest BCUT2D eigenvalue weighted by atomic mass is 9.78. The predicted octanol–water partition coefficient (Wildman–Crippen LogP) is 4.52. The number of nitrogens with zero attached hydrogens (tertiary/aromatic N) is 1. The van der Waals surface area contributed by atoms with Crippen LogP contribution in [0.15, 0.2) is 36.5 Å². The summed E-state index contributed by atoms with van der Waals surface area (Å²) in [6.07, 6.45) is 5.26. The number of hydrogen-bond donors (Lipinski definition) is 1. The molecule has 3 rings (SSSR count). The van der Waals surface area contributed by atoms with Crippen LogP contribution in [0.1, 0.15) is 36.8 Å². The maximum Gasteiger partial charge on any atom is 0.235 e. The Balaban J connectivity index is 1.79. The number of aromatic nitrogens is 1. The molecule has 2 aromatic rings. The molecule has 0 saturated heterocycles. The molecule has 1 aliphatic carbocycles. The number of carbonyl (C=O) groups is 1. The van der Waals surface area contributed by atoms with Crippen LogP contribution in [0, 0.1) is 6.92 Å². The Morgan fingerprint density at radius 1 is 1.26 bits per heavy atom. The van der Waals surface area contributed by atoms with Crippen LogP contribution in [-0.2, 0) is 14.9 Å². The minimum atomic E-state index is -0.583. The van der Waals surface area contributed by atoms with Gasteiger partial charge in [-0.3, -0.25) is 4.79 Å². The molecule has 0 atom stereocenters. The fourth-order valence-corrected chi connectivity index (χ4v) is 4.02. The van der Waals surface area contributed by atoms with Gasteiger partial charge in [0.2, 0.25) is 11.8 Å². The summed E-state index contributed by atoms with van der Waals surface area (Å²) in [6.45, 7) is 2.84. The van der Waals surface area contributed by atoms with Gasteiger partial charge in [0.1, 0.15) is 6.61 Å². The molecule has 6 heteroatoms. The second-order valence-electron chi connectivity index (χ2n) is 6.91. The first kappa shape index (κ1) is 19.6. The molecule has 0 spiro atoms. The third-order valence-electron chi connectivity index (χ3n) is 5.10. The molecule has 144 valence electrons. The van der Waals surface area contributed by atoms with E-state index in [1.807, 2.05) is 37.3 Å². The fraction of sp³-hybridized carbons (Fsp3) is 0.429. The van der Waals surface area contributed by atoms with Crippen molar-refractivity contribution in [3.63, 3.8) is 0 Å². The van der Waals surface area contributed by atoms with Crippen molar-refractivity contribution in [3.8, 4) is 5.88 Å². The van der Waals surface area contributed by atoms with Crippen LogP contribution in [0.5, 0.6) is 5.88 Å². The number of amides is 1. The number of anilines is 1. The molecule has 0 radical (unpaired) electrons. The van der Waals surface area contributed by atoms with Crippen molar-refractivity contribution in [2.45, 2.75) is 38.0 Å². The molecular formula is C21H25ClN2O3. The van der Waals surface area contributed by atoms with E-state index >= 15 is 0 Å². The molecule has 1 aromatic carbocycles. The number of nitrogens with one attached hydrogen (secondary N) is 1. The molecule has 1 saturated carbocycles. The zero-order valence-corrected chi connectivity index (χ0v) is 16.5. The quantitative estimate of drug-likeness (QED) is 0.708. The molecule has 1 amide bonds. The topological polar surface area (TPSA) is 60.5 Å². The van der Waals surface area contributed by atoms with Gasteiger partial charge in [0.15, 0.2) is 0 Å². The van der Waals surface area contributed by atoms with Crippen LogP contribution < -0.4 is 10.1 Å². The summed E-state index contributed by atoms with van der Waals surface area (Å²) in [5.41, 5.74) is 1.85. The van der Waals surface area contributed by atoms with Gasteiger partial charge in [0.25, 0.3) is 0 Å². The van der Waals surface area contributed by atoms with E-state index in [1.165, 1.54) is 0 Å². The van der Waals surface area contributed by atoms with Gasteiger partial charge in [0, 0.05) is 17.7 Å². The largest absolute Gasteiger partial charge is 0.475 e. The van der Waals surface area contributed by atoms with E-state index in [1.54, 1.807) is 13.3 Å². The van der Waals surface area contributed by atoms with E-state index in [9.17, 15) is 4.79 Å². The smallest absolute Gasteiger partial charge is 0.235 e. The number of rotatable bonds is 7. The van der Waals surface area contributed by atoms with E-state index in [0.29, 0.717) is 29.8 Å². The summed E-state index contributed by atoms with van der Waals surface area (Å²) < 4.78 is 10.6. The number of pyridine rings is 1. The standard InChI is InChI=1S/C21H25ClN2O3/c1-15-13-16(14-23-19(15)27-12-11-26-2)24-20(25)21(9-5-6-10-21)17-7-3-4-8-18(17)22/h3-4,7-8,13-14H,5-6,9-12H2,1-2H3,(H,24,25). The third-order valence-corrected chi connectivity index (χ3v) is 5.43. The summed E-state index contributed by atoms with van der Waals surface area (Å²) >= 11 is 6.43. The van der Waals surface area contributed by atoms with Gasteiger partial charge in [-0.1, -0.05) is 42.6 Å². The van der Waals surface area contributed by atoms with Gasteiger partial charge in [-0.2, -0.15) is 0 Å². The highest BCUT2D eigenvalue weighted by atomic mass is 35.5. The molecule has 1 fully saturated rings. The number of halogens is 1. The highest BCUT2D eigenvalue weighted by Crippen LogP contribution is 2.44. The normalized spacial score (nSPS) is 15.5. The Hall–Kier alpha value is -2.11. The van der Waals surface area contributed by atoms with Gasteiger partial charge in [-0.05, 0) is 37.5 Å². The van der Waals surface area contributed by atoms with Crippen LogP contribution in [-0.4, -0.2) is 31.2 Å². The van der Waals surface area contributed by atoms with E-state index in [-0.39, 0.29) is 5.91 Å². The SMILES string of the molecule is COCCOc1ncc(NC(=O)C2(c3ccccc3Cl)CCCC2)cc1C. The van der Waals surface area contributed by atoms with Crippen LogP contribution in [0.3, 0.4) is 0 Å². The number of methoxy groups -OCH3 is 1. The molecule has 0 bridgehead atoms. The first-order valence-electron chi connectivity index (χ1n) is 9.22. The first-order chi connectivity index (χ1) is 13.1. The number of carbonyl (C=O) groups excluding carboxylic acids is 1. The van der Waals surface area contributed by atoms with Gasteiger partial charge in [-0.25, -0.2) is 4.98 Å². The van der Waals surface area contributed by atoms with Crippen LogP contribution in [0.2, 0.25) is 5.02 Å². The number of aryl methyl sites for hydroxylation is 1. The lowest BCUT2D eigenvalue weighted by molar-refractivity contribution is -0.121. The molecule has 5 nitrogen and oxygen atoms in total. The van der Waals surface area contributed by atoms with Crippen molar-refractivity contribution in [1.29, 1.82) is 0 Å². The molecule has 0 aliphatic heterocycles.